The number of anilines is 1. The van der Waals surface area contributed by atoms with Crippen molar-refractivity contribution >= 4 is 56.2 Å². The number of aromatic nitrogens is 3. The molecule has 3 aromatic heterocycles. The number of hydrogen-bond acceptors (Lipinski definition) is 15. The lowest BCUT2D eigenvalue weighted by Crippen LogP contribution is -2.33. The lowest BCUT2D eigenvalue weighted by atomic mass is 10.1. The van der Waals surface area contributed by atoms with Crippen LogP contribution in [0.3, 0.4) is 0 Å². The molecule has 1 amide bonds. The molecule has 0 saturated carbocycles. The third-order valence-electron chi connectivity index (χ3n) is 9.62. The Balaban J connectivity index is 1.04. The fourth-order valence-corrected chi connectivity index (χ4v) is 10.1. The summed E-state index contributed by atoms with van der Waals surface area (Å²) in [6, 6.07) is 10.8. The molecule has 1 aliphatic rings. The summed E-state index contributed by atoms with van der Waals surface area (Å²) in [6.07, 6.45) is 5.43. The van der Waals surface area contributed by atoms with E-state index in [-0.39, 0.29) is 49.5 Å². The maximum atomic E-state index is 13.0. The highest BCUT2D eigenvalue weighted by Gasteiger charge is 2.41. The van der Waals surface area contributed by atoms with Crippen molar-refractivity contribution in [2.45, 2.75) is 70.7 Å². The number of unbranched alkanes of at least 4 members (excludes halogenated alkanes) is 2. The van der Waals surface area contributed by atoms with Gasteiger partial charge in [0.25, 0.3) is 15.7 Å². The van der Waals surface area contributed by atoms with E-state index in [0.29, 0.717) is 42.8 Å². The number of pyridine rings is 1. The van der Waals surface area contributed by atoms with Crippen molar-refractivity contribution in [1.82, 2.24) is 14.9 Å². The summed E-state index contributed by atoms with van der Waals surface area (Å²) in [4.78, 5) is 90.9. The van der Waals surface area contributed by atoms with Crippen molar-refractivity contribution < 1.29 is 77.9 Å². The molecule has 1 fully saturated rings. The first-order chi connectivity index (χ1) is 30.5. The lowest BCUT2D eigenvalue weighted by molar-refractivity contribution is -0.696. The molecule has 28 heteroatoms. The Morgan fingerprint density at radius 2 is 1.74 bits per heavy atom. The van der Waals surface area contributed by atoms with Gasteiger partial charge in [0.15, 0.2) is 12.4 Å². The lowest BCUT2D eigenvalue weighted by Gasteiger charge is -2.23. The van der Waals surface area contributed by atoms with E-state index in [1.54, 1.807) is 35.2 Å². The zero-order valence-electron chi connectivity index (χ0n) is 34.6. The van der Waals surface area contributed by atoms with Gasteiger partial charge >= 0.3 is 34.8 Å². The molecule has 2 unspecified atom stereocenters. The van der Waals surface area contributed by atoms with E-state index in [4.69, 9.17) is 23.5 Å². The van der Waals surface area contributed by atoms with Crippen molar-refractivity contribution in [2.75, 3.05) is 36.9 Å². The van der Waals surface area contributed by atoms with Crippen LogP contribution in [0.15, 0.2) is 73.8 Å². The number of rotatable bonds is 22. The van der Waals surface area contributed by atoms with Crippen molar-refractivity contribution in [2.24, 2.45) is 0 Å². The molecule has 1 aromatic carbocycles. The Labute approximate surface area is 370 Å². The second kappa shape index (κ2) is 22.2. The van der Waals surface area contributed by atoms with E-state index in [2.05, 4.69) is 40.2 Å². The minimum Gasteiger partial charge on any atom is -0.422 e. The van der Waals surface area contributed by atoms with Gasteiger partial charge in [-0.3, -0.25) is 28.2 Å². The molecule has 65 heavy (non-hydrogen) atoms. The number of phosphoric acid groups is 3. The molecule has 0 radical (unpaired) electrons. The first kappa shape index (κ1) is 51.4. The van der Waals surface area contributed by atoms with Gasteiger partial charge in [-0.25, -0.2) is 27.9 Å². The van der Waals surface area contributed by atoms with Gasteiger partial charge in [0.2, 0.25) is 5.91 Å². The summed E-state index contributed by atoms with van der Waals surface area (Å²) >= 11 is 0. The van der Waals surface area contributed by atoms with E-state index < -0.39 is 69.4 Å². The summed E-state index contributed by atoms with van der Waals surface area (Å²) in [5.41, 5.74) is -0.0142. The predicted octanol–water partition coefficient (Wildman–Crippen LogP) is 2.45. The van der Waals surface area contributed by atoms with Gasteiger partial charge in [0, 0.05) is 67.0 Å². The number of fused-ring (bicyclic) bond motifs is 1. The van der Waals surface area contributed by atoms with Crippen LogP contribution in [0.25, 0.3) is 22.1 Å². The average Bonchev–Trinajstić information content (AvgIpc) is 3.68. The Bertz CT molecular complexity index is 2850. The van der Waals surface area contributed by atoms with Gasteiger partial charge in [-0.2, -0.15) is 17.0 Å². The summed E-state index contributed by atoms with van der Waals surface area (Å²) in [5.74, 6) is 4.64. The standard InChI is InChI=1S/C37H46N5O19P3S/c1-2-41(29-11-10-27-22-31(36(45)59-32(27)23-29)26-14-19-40(20-15-26)17-7-21-65(54,55)56)18-5-3-4-9-33(43)38-16-6-8-28-24-42(37(46)39-35(28)44)34-13-12-30(58-34)25-57-63(50,51)61-64(52,53)60-62(47,48)49/h10-11,14-15,19-20,22-24,30,34H,2-5,7,9,12-13,16-18,21,25H2,1H3,(H6-,38,39,43,44,46,47,48,49,50,51,52,53,54,55,56)/p+1/t30-,34+/m0/s1. The molecule has 24 nitrogen and oxygen atoms in total. The smallest absolute Gasteiger partial charge is 0.422 e. The van der Waals surface area contributed by atoms with E-state index in [9.17, 15) is 51.1 Å². The zero-order valence-corrected chi connectivity index (χ0v) is 38.1. The molecule has 354 valence electrons. The highest BCUT2D eigenvalue weighted by atomic mass is 32.2. The first-order valence-electron chi connectivity index (χ1n) is 19.8. The largest absolute Gasteiger partial charge is 0.490 e. The molecular formula is C37H47N5O19P3S+. The highest BCUT2D eigenvalue weighted by molar-refractivity contribution is 7.85. The number of nitrogens with zero attached hydrogens (tertiary/aromatic N) is 3. The molecule has 0 spiro atoms. The van der Waals surface area contributed by atoms with Crippen molar-refractivity contribution in [3.05, 3.63) is 91.8 Å². The number of aryl methyl sites for hydroxylation is 1. The Morgan fingerprint density at radius 3 is 2.43 bits per heavy atom. The summed E-state index contributed by atoms with van der Waals surface area (Å²) in [7, 11) is -20.7. The van der Waals surface area contributed by atoms with Crippen LogP contribution in [0.5, 0.6) is 0 Å². The van der Waals surface area contributed by atoms with E-state index >= 15 is 0 Å². The number of nitrogens with one attached hydrogen (secondary N) is 2. The van der Waals surface area contributed by atoms with Crippen LogP contribution < -0.4 is 31.7 Å². The van der Waals surface area contributed by atoms with E-state index in [0.717, 1.165) is 34.7 Å². The van der Waals surface area contributed by atoms with Crippen LogP contribution in [0.1, 0.15) is 63.7 Å². The molecule has 1 aliphatic heterocycles. The molecule has 4 heterocycles. The molecule has 4 atom stereocenters. The average molecular weight is 991 g/mol. The van der Waals surface area contributed by atoms with Crippen LogP contribution in [-0.4, -0.2) is 86.1 Å². The van der Waals surface area contributed by atoms with Crippen molar-refractivity contribution in [1.29, 1.82) is 0 Å². The normalized spacial score (nSPS) is 17.2. The predicted molar refractivity (Wildman–Crippen MR) is 230 cm³/mol. The van der Waals surface area contributed by atoms with Gasteiger partial charge < -0.3 is 38.9 Å². The van der Waals surface area contributed by atoms with E-state index in [1.165, 1.54) is 0 Å². The number of amides is 1. The Kier molecular flexibility index (Phi) is 17.6. The molecule has 0 aliphatic carbocycles. The maximum absolute atomic E-state index is 13.0. The highest BCUT2D eigenvalue weighted by Crippen LogP contribution is 2.66. The number of ether oxygens (including phenoxy) is 1. The maximum Gasteiger partial charge on any atom is 0.490 e. The number of benzene rings is 1. The third-order valence-corrected chi connectivity index (χ3v) is 14.2. The quantitative estimate of drug-likeness (QED) is 0.0148. The van der Waals surface area contributed by atoms with Crippen molar-refractivity contribution in [3.8, 4) is 23.0 Å². The van der Waals surface area contributed by atoms with Crippen LogP contribution in [0.2, 0.25) is 0 Å². The topological polar surface area (TPSA) is 345 Å². The fourth-order valence-electron chi connectivity index (χ4n) is 6.60. The first-order valence-corrected chi connectivity index (χ1v) is 25.9. The molecule has 0 bridgehead atoms. The van der Waals surface area contributed by atoms with Gasteiger partial charge in [0.1, 0.15) is 23.9 Å². The fraction of sp³-hybridized carbons (Fsp3) is 0.432. The number of carbonyl (C=O) groups is 1. The van der Waals surface area contributed by atoms with Gasteiger partial charge in [-0.05, 0) is 50.8 Å². The number of hydrogen-bond donors (Lipinski definition) is 7. The minimum atomic E-state index is -5.71. The van der Waals surface area contributed by atoms with Gasteiger partial charge in [-0.1, -0.05) is 18.3 Å². The number of H-pyrrole nitrogens is 1. The van der Waals surface area contributed by atoms with Crippen LogP contribution in [0.4, 0.5) is 5.69 Å². The number of phosphoric ester groups is 1. The molecule has 4 aromatic rings. The SMILES string of the molecule is CCN(CCCCCC(=O)NCC#Cc1cn([C@H]2CC[C@@H](COP(=O)(O)OP(=O)(O)OP(=O)(O)O)O2)c(=O)[nH]c1=O)c1ccc2cc(-c3cc[n+](CCCS(=O)(=O)O)cc3)c(=O)oc2c1. The van der Waals surface area contributed by atoms with E-state index in [1.807, 2.05) is 25.1 Å². The summed E-state index contributed by atoms with van der Waals surface area (Å²) in [5, 5.41) is 3.39. The molecule has 5 rings (SSSR count). The third kappa shape index (κ3) is 16.3. The van der Waals surface area contributed by atoms with Gasteiger partial charge in [0.05, 0.1) is 30.6 Å². The minimum absolute atomic E-state index is 0.101. The molecule has 1 saturated heterocycles. The second-order valence-corrected chi connectivity index (χ2v) is 20.5. The van der Waals surface area contributed by atoms with Crippen LogP contribution in [-0.2, 0) is 53.0 Å². The second-order valence-electron chi connectivity index (χ2n) is 14.5. The number of carbonyl (C=O) groups excluding carboxylic acids is 1. The zero-order chi connectivity index (χ0) is 47.6. The number of aromatic amines is 1. The molecule has 7 N–H and O–H groups in total. The van der Waals surface area contributed by atoms with Crippen LogP contribution in [0, 0.1) is 11.8 Å². The van der Waals surface area contributed by atoms with Gasteiger partial charge in [-0.15, -0.1) is 0 Å². The van der Waals surface area contributed by atoms with Crippen molar-refractivity contribution in [3.63, 3.8) is 0 Å². The monoisotopic (exact) mass is 990 g/mol. The molecular weight excluding hydrogens is 943 g/mol. The Hall–Kier alpha value is -4.63. The summed E-state index contributed by atoms with van der Waals surface area (Å²) < 4.78 is 91.3. The van der Waals surface area contributed by atoms with Crippen LogP contribution >= 0.6 is 23.5 Å². The Morgan fingerprint density at radius 1 is 1.00 bits per heavy atom. The summed E-state index contributed by atoms with van der Waals surface area (Å²) in [6.45, 7) is 2.91.